The van der Waals surface area contributed by atoms with E-state index in [1.54, 1.807) is 18.2 Å². The lowest BCUT2D eigenvalue weighted by Gasteiger charge is -2.32. The summed E-state index contributed by atoms with van der Waals surface area (Å²) in [7, 11) is -2.42. The van der Waals surface area contributed by atoms with Crippen LogP contribution in [0.2, 0.25) is 0 Å². The zero-order valence-electron chi connectivity index (χ0n) is 16.5. The van der Waals surface area contributed by atoms with Crippen molar-refractivity contribution in [1.82, 2.24) is 9.62 Å². The highest BCUT2D eigenvalue weighted by molar-refractivity contribution is 7.89. The van der Waals surface area contributed by atoms with Gasteiger partial charge in [-0.25, -0.2) is 12.8 Å². The van der Waals surface area contributed by atoms with Crippen molar-refractivity contribution in [3.05, 3.63) is 59.4 Å². The molecule has 1 aliphatic heterocycles. The number of hydrogen-bond acceptors (Lipinski definition) is 4. The van der Waals surface area contributed by atoms with E-state index >= 15 is 0 Å². The number of carbonyl (C=O) groups is 1. The van der Waals surface area contributed by atoms with Crippen molar-refractivity contribution in [3.8, 4) is 5.75 Å². The first-order chi connectivity index (χ1) is 13.8. The van der Waals surface area contributed by atoms with Crippen molar-refractivity contribution in [2.75, 3.05) is 13.7 Å². The fourth-order valence-corrected chi connectivity index (χ4v) is 5.38. The van der Waals surface area contributed by atoms with E-state index in [0.717, 1.165) is 19.3 Å². The van der Waals surface area contributed by atoms with Crippen LogP contribution in [0.25, 0.3) is 0 Å². The maximum absolute atomic E-state index is 13.8. The third-order valence-corrected chi connectivity index (χ3v) is 7.19. The van der Waals surface area contributed by atoms with Crippen LogP contribution in [0.1, 0.15) is 42.1 Å². The van der Waals surface area contributed by atoms with E-state index in [1.807, 2.05) is 6.92 Å². The Labute approximate surface area is 170 Å². The largest absolute Gasteiger partial charge is 0.495 e. The fraction of sp³-hybridized carbons (Fsp3) is 0.381. The van der Waals surface area contributed by atoms with E-state index in [2.05, 4.69) is 5.32 Å². The van der Waals surface area contributed by atoms with Crippen LogP contribution < -0.4 is 10.1 Å². The lowest BCUT2D eigenvalue weighted by Crippen LogP contribution is -2.42. The molecular formula is C21H25FN2O4S. The highest BCUT2D eigenvalue weighted by Crippen LogP contribution is 2.31. The van der Waals surface area contributed by atoms with E-state index in [9.17, 15) is 17.6 Å². The SMILES string of the molecule is COc1ccc(C(=O)NCc2ccccc2F)cc1S(=O)(=O)N1CCCCC1C. The molecule has 1 N–H and O–H groups in total. The molecule has 1 fully saturated rings. The van der Waals surface area contributed by atoms with Crippen LogP contribution in [-0.2, 0) is 16.6 Å². The number of sulfonamides is 1. The molecule has 2 aromatic carbocycles. The van der Waals surface area contributed by atoms with Gasteiger partial charge in [-0.15, -0.1) is 0 Å². The summed E-state index contributed by atoms with van der Waals surface area (Å²) in [5.41, 5.74) is 0.523. The van der Waals surface area contributed by atoms with Crippen LogP contribution >= 0.6 is 0 Å². The Morgan fingerprint density at radius 2 is 2.00 bits per heavy atom. The van der Waals surface area contributed by atoms with Crippen molar-refractivity contribution in [1.29, 1.82) is 0 Å². The maximum Gasteiger partial charge on any atom is 0.251 e. The second-order valence-electron chi connectivity index (χ2n) is 7.10. The van der Waals surface area contributed by atoms with Crippen LogP contribution in [0.3, 0.4) is 0 Å². The molecule has 0 spiro atoms. The van der Waals surface area contributed by atoms with Gasteiger partial charge in [0.15, 0.2) is 0 Å². The predicted octanol–water partition coefficient (Wildman–Crippen LogP) is 3.33. The normalized spacial score (nSPS) is 17.7. The number of carbonyl (C=O) groups excluding carboxylic acids is 1. The minimum absolute atomic E-state index is 0.00276. The van der Waals surface area contributed by atoms with Gasteiger partial charge in [0.1, 0.15) is 16.5 Å². The van der Waals surface area contributed by atoms with Gasteiger partial charge in [0, 0.05) is 30.3 Å². The Bertz CT molecular complexity index is 994. The molecule has 8 heteroatoms. The summed E-state index contributed by atoms with van der Waals surface area (Å²) in [6.45, 7) is 2.33. The Balaban J connectivity index is 1.86. The minimum Gasteiger partial charge on any atom is -0.495 e. The molecule has 1 amide bonds. The van der Waals surface area contributed by atoms with E-state index in [1.165, 1.54) is 35.7 Å². The molecule has 0 saturated carbocycles. The highest BCUT2D eigenvalue weighted by Gasteiger charge is 2.33. The summed E-state index contributed by atoms with van der Waals surface area (Å²) in [6.07, 6.45) is 2.59. The summed E-state index contributed by atoms with van der Waals surface area (Å²) >= 11 is 0. The van der Waals surface area contributed by atoms with Gasteiger partial charge < -0.3 is 10.1 Å². The number of piperidine rings is 1. The standard InChI is InChI=1S/C21H25FN2O4S/c1-15-7-5-6-12-24(15)29(26,27)20-13-16(10-11-19(20)28-2)21(25)23-14-17-8-3-4-9-18(17)22/h3-4,8-11,13,15H,5-7,12,14H2,1-2H3,(H,23,25). The van der Waals surface area contributed by atoms with Crippen molar-refractivity contribution < 1.29 is 22.3 Å². The third-order valence-electron chi connectivity index (χ3n) is 5.15. The average Bonchev–Trinajstić information content (AvgIpc) is 2.72. The number of amides is 1. The van der Waals surface area contributed by atoms with Gasteiger partial charge in [0.05, 0.1) is 7.11 Å². The van der Waals surface area contributed by atoms with Gasteiger partial charge in [0.2, 0.25) is 10.0 Å². The summed E-state index contributed by atoms with van der Waals surface area (Å²) in [5.74, 6) is -0.711. The maximum atomic E-state index is 13.8. The smallest absolute Gasteiger partial charge is 0.251 e. The van der Waals surface area contributed by atoms with Crippen LogP contribution in [-0.4, -0.2) is 38.3 Å². The Morgan fingerprint density at radius 1 is 1.24 bits per heavy atom. The number of halogens is 1. The number of benzene rings is 2. The number of nitrogens with one attached hydrogen (secondary N) is 1. The van der Waals surface area contributed by atoms with Gasteiger partial charge in [-0.1, -0.05) is 24.6 Å². The number of hydrogen-bond donors (Lipinski definition) is 1. The van der Waals surface area contributed by atoms with Crippen molar-refractivity contribution in [3.63, 3.8) is 0 Å². The molecule has 3 rings (SSSR count). The second-order valence-corrected chi connectivity index (χ2v) is 8.96. The molecule has 0 aromatic heterocycles. The third kappa shape index (κ3) is 4.59. The number of nitrogens with zero attached hydrogens (tertiary/aromatic N) is 1. The van der Waals surface area contributed by atoms with Crippen molar-refractivity contribution in [2.45, 2.75) is 43.7 Å². The summed E-state index contributed by atoms with van der Waals surface area (Å²) < 4.78 is 47.0. The Morgan fingerprint density at radius 3 is 2.69 bits per heavy atom. The molecule has 6 nitrogen and oxygen atoms in total. The zero-order chi connectivity index (χ0) is 21.0. The van der Waals surface area contributed by atoms with Crippen LogP contribution in [0.4, 0.5) is 4.39 Å². The monoisotopic (exact) mass is 420 g/mol. The minimum atomic E-state index is -3.82. The fourth-order valence-electron chi connectivity index (χ4n) is 3.49. The summed E-state index contributed by atoms with van der Waals surface area (Å²) in [5, 5.41) is 2.63. The second kappa shape index (κ2) is 8.92. The summed E-state index contributed by atoms with van der Waals surface area (Å²) in [6, 6.07) is 10.3. The molecular weight excluding hydrogens is 395 g/mol. The van der Waals surface area contributed by atoms with E-state index < -0.39 is 21.7 Å². The molecule has 0 radical (unpaired) electrons. The molecule has 1 heterocycles. The van der Waals surface area contributed by atoms with Gasteiger partial charge in [0.25, 0.3) is 5.91 Å². The average molecular weight is 421 g/mol. The summed E-state index contributed by atoms with van der Waals surface area (Å²) in [4.78, 5) is 12.5. The number of ether oxygens (including phenoxy) is 1. The molecule has 156 valence electrons. The van der Waals surface area contributed by atoms with Gasteiger partial charge in [-0.2, -0.15) is 4.31 Å². The lowest BCUT2D eigenvalue weighted by atomic mass is 10.1. The highest BCUT2D eigenvalue weighted by atomic mass is 32.2. The van der Waals surface area contributed by atoms with Gasteiger partial charge >= 0.3 is 0 Å². The number of rotatable bonds is 6. The quantitative estimate of drug-likeness (QED) is 0.778. The van der Waals surface area contributed by atoms with E-state index in [-0.39, 0.29) is 28.8 Å². The molecule has 29 heavy (non-hydrogen) atoms. The lowest BCUT2D eigenvalue weighted by molar-refractivity contribution is 0.0950. The van der Waals surface area contributed by atoms with Gasteiger partial charge in [-0.05, 0) is 44.0 Å². The molecule has 0 aliphatic carbocycles. The van der Waals surface area contributed by atoms with Crippen molar-refractivity contribution >= 4 is 15.9 Å². The molecule has 1 unspecified atom stereocenters. The molecule has 1 atom stereocenters. The molecule has 1 saturated heterocycles. The first-order valence-electron chi connectivity index (χ1n) is 9.56. The molecule has 2 aromatic rings. The van der Waals surface area contributed by atoms with E-state index in [4.69, 9.17) is 4.74 Å². The first-order valence-corrected chi connectivity index (χ1v) is 11.0. The van der Waals surface area contributed by atoms with Crippen molar-refractivity contribution in [2.24, 2.45) is 0 Å². The number of methoxy groups -OCH3 is 1. The predicted molar refractivity (Wildman–Crippen MR) is 108 cm³/mol. The van der Waals surface area contributed by atoms with Crippen LogP contribution in [0.5, 0.6) is 5.75 Å². The van der Waals surface area contributed by atoms with Crippen LogP contribution in [0.15, 0.2) is 47.4 Å². The topological polar surface area (TPSA) is 75.7 Å². The first kappa shape index (κ1) is 21.3. The Kier molecular flexibility index (Phi) is 6.54. The molecule has 0 bridgehead atoms. The van der Waals surface area contributed by atoms with Crippen LogP contribution in [0, 0.1) is 5.82 Å². The van der Waals surface area contributed by atoms with E-state index in [0.29, 0.717) is 12.1 Å². The van der Waals surface area contributed by atoms with Gasteiger partial charge in [-0.3, -0.25) is 4.79 Å². The molecule has 1 aliphatic rings. The zero-order valence-corrected chi connectivity index (χ0v) is 17.3. The Hall–Kier alpha value is -2.45.